The molecule has 6 rings (SSSR count). The third-order valence-corrected chi connectivity index (χ3v) is 7.07. The van der Waals surface area contributed by atoms with Crippen LogP contribution in [0.3, 0.4) is 0 Å². The minimum absolute atomic E-state index is 0.0578. The summed E-state index contributed by atoms with van der Waals surface area (Å²) >= 11 is 0. The number of nitrogens with zero attached hydrogens (tertiary/aromatic N) is 6. The molecule has 5 aromatic rings. The Bertz CT molecular complexity index is 1830. The SMILES string of the molecule is Nc1nonc1-c1nc2cnc(Oc3cccc(C(=O)NCCCN4CCCC4=O)c3)cc2n1-c1ccc(C(F)(F)F)cc1. The molecule has 0 bridgehead atoms. The molecule has 0 unspecified atom stereocenters. The molecule has 2 amide bonds. The molecule has 0 saturated carbocycles. The van der Waals surface area contributed by atoms with Gasteiger partial charge in [0, 0.05) is 43.4 Å². The number of ether oxygens (including phenoxy) is 1. The Labute approximate surface area is 247 Å². The van der Waals surface area contributed by atoms with Crippen LogP contribution in [0.4, 0.5) is 19.0 Å². The van der Waals surface area contributed by atoms with Gasteiger partial charge in [-0.3, -0.25) is 14.2 Å². The number of hydrogen-bond acceptors (Lipinski definition) is 9. The van der Waals surface area contributed by atoms with Gasteiger partial charge in [-0.25, -0.2) is 14.6 Å². The van der Waals surface area contributed by atoms with E-state index in [-0.39, 0.29) is 35.0 Å². The normalized spacial score (nSPS) is 13.5. The number of nitrogen functional groups attached to an aromatic ring is 1. The predicted molar refractivity (Wildman–Crippen MR) is 151 cm³/mol. The average Bonchev–Trinajstić information content (AvgIpc) is 3.72. The summed E-state index contributed by atoms with van der Waals surface area (Å²) in [5.74, 6) is 0.429. The standard InChI is InChI=1S/C29H25F3N8O4/c30-29(31,32)18-7-9-19(10-8-18)40-22-15-23(35-16-21(22)36-27(40)25-26(33)38-44-37-25)43-20-5-1-4-17(14-20)28(42)34-11-3-13-39-12-2-6-24(39)41/h1,4-5,7-10,14-16H,2-3,6,11-13H2,(H2,33,38)(H,34,42). The minimum Gasteiger partial charge on any atom is -0.439 e. The summed E-state index contributed by atoms with van der Waals surface area (Å²) in [6.45, 7) is 1.76. The lowest BCUT2D eigenvalue weighted by molar-refractivity contribution is -0.137. The van der Waals surface area contributed by atoms with Gasteiger partial charge in [0.15, 0.2) is 17.3 Å². The molecule has 3 N–H and O–H groups in total. The van der Waals surface area contributed by atoms with Crippen LogP contribution in [0, 0.1) is 0 Å². The van der Waals surface area contributed by atoms with Crippen molar-refractivity contribution in [3.63, 3.8) is 0 Å². The van der Waals surface area contributed by atoms with Crippen LogP contribution >= 0.6 is 0 Å². The first-order valence-corrected chi connectivity index (χ1v) is 13.7. The molecule has 1 aliphatic rings. The van der Waals surface area contributed by atoms with E-state index < -0.39 is 11.7 Å². The highest BCUT2D eigenvalue weighted by atomic mass is 19.4. The Balaban J connectivity index is 1.24. The molecule has 4 heterocycles. The van der Waals surface area contributed by atoms with Gasteiger partial charge in [0.05, 0.1) is 17.3 Å². The number of pyridine rings is 1. The van der Waals surface area contributed by atoms with Crippen molar-refractivity contribution in [2.24, 2.45) is 0 Å². The van der Waals surface area contributed by atoms with Crippen molar-refractivity contribution < 1.29 is 32.1 Å². The number of anilines is 1. The number of carbonyl (C=O) groups is 2. The Hall–Kier alpha value is -5.47. The van der Waals surface area contributed by atoms with Crippen molar-refractivity contribution in [2.45, 2.75) is 25.4 Å². The first kappa shape index (κ1) is 28.6. The Morgan fingerprint density at radius 2 is 1.93 bits per heavy atom. The largest absolute Gasteiger partial charge is 0.439 e. The lowest BCUT2D eigenvalue weighted by Crippen LogP contribution is -2.30. The Morgan fingerprint density at radius 3 is 2.64 bits per heavy atom. The first-order valence-electron chi connectivity index (χ1n) is 13.7. The number of aromatic nitrogens is 5. The molecule has 0 spiro atoms. The molecular formula is C29H25F3N8O4. The van der Waals surface area contributed by atoms with Crippen molar-refractivity contribution in [3.05, 3.63) is 71.9 Å². The number of hydrogen-bond donors (Lipinski definition) is 2. The minimum atomic E-state index is -4.51. The number of likely N-dealkylation sites (tertiary alicyclic amines) is 1. The molecule has 0 atom stereocenters. The Kier molecular flexibility index (Phi) is 7.59. The molecule has 15 heteroatoms. The molecule has 226 valence electrons. The number of alkyl halides is 3. The maximum atomic E-state index is 13.2. The van der Waals surface area contributed by atoms with Crippen molar-refractivity contribution >= 4 is 28.7 Å². The highest BCUT2D eigenvalue weighted by molar-refractivity contribution is 5.94. The van der Waals surface area contributed by atoms with Gasteiger partial charge in [-0.1, -0.05) is 6.07 Å². The number of carbonyl (C=O) groups excluding carboxylic acids is 2. The van der Waals surface area contributed by atoms with Crippen LogP contribution in [-0.4, -0.2) is 61.2 Å². The molecule has 12 nitrogen and oxygen atoms in total. The van der Waals surface area contributed by atoms with Crippen LogP contribution in [0.2, 0.25) is 0 Å². The summed E-state index contributed by atoms with van der Waals surface area (Å²) in [6, 6.07) is 12.6. The van der Waals surface area contributed by atoms with E-state index in [2.05, 4.69) is 25.6 Å². The number of rotatable bonds is 9. The second-order valence-electron chi connectivity index (χ2n) is 10.0. The second kappa shape index (κ2) is 11.7. The van der Waals surface area contributed by atoms with Gasteiger partial charge in [0.2, 0.25) is 11.8 Å². The smallest absolute Gasteiger partial charge is 0.416 e. The molecule has 1 saturated heterocycles. The van der Waals surface area contributed by atoms with Gasteiger partial charge in [-0.15, -0.1) is 0 Å². The molecule has 1 aliphatic heterocycles. The second-order valence-corrected chi connectivity index (χ2v) is 10.0. The van der Waals surface area contributed by atoms with E-state index >= 15 is 0 Å². The fraction of sp³-hybridized carbons (Fsp3) is 0.241. The van der Waals surface area contributed by atoms with Gasteiger partial charge < -0.3 is 20.7 Å². The highest BCUT2D eigenvalue weighted by Gasteiger charge is 2.30. The number of nitrogens with one attached hydrogen (secondary N) is 1. The van der Waals surface area contributed by atoms with Crippen molar-refractivity contribution in [2.75, 3.05) is 25.4 Å². The molecule has 3 aromatic heterocycles. The molecule has 0 aliphatic carbocycles. The van der Waals surface area contributed by atoms with Crippen LogP contribution in [0.1, 0.15) is 35.2 Å². The maximum absolute atomic E-state index is 13.2. The monoisotopic (exact) mass is 606 g/mol. The van der Waals surface area contributed by atoms with E-state index in [1.165, 1.54) is 18.3 Å². The zero-order valence-electron chi connectivity index (χ0n) is 23.0. The van der Waals surface area contributed by atoms with Crippen molar-refractivity contribution in [3.8, 4) is 28.8 Å². The third-order valence-electron chi connectivity index (χ3n) is 7.07. The number of amides is 2. The van der Waals surface area contributed by atoms with Gasteiger partial charge in [0.25, 0.3) is 5.91 Å². The fourth-order valence-electron chi connectivity index (χ4n) is 4.92. The summed E-state index contributed by atoms with van der Waals surface area (Å²) in [4.78, 5) is 35.1. The van der Waals surface area contributed by atoms with Gasteiger partial charge in [-0.2, -0.15) is 13.2 Å². The molecule has 1 fully saturated rings. The van der Waals surface area contributed by atoms with Crippen LogP contribution < -0.4 is 15.8 Å². The molecular weight excluding hydrogens is 581 g/mol. The molecule has 44 heavy (non-hydrogen) atoms. The highest BCUT2D eigenvalue weighted by Crippen LogP contribution is 2.34. The number of benzene rings is 2. The van der Waals surface area contributed by atoms with E-state index in [9.17, 15) is 22.8 Å². The molecule has 2 aromatic carbocycles. The molecule has 0 radical (unpaired) electrons. The Morgan fingerprint density at radius 1 is 1.11 bits per heavy atom. The zero-order valence-corrected chi connectivity index (χ0v) is 23.0. The van der Waals surface area contributed by atoms with E-state index in [1.54, 1.807) is 39.8 Å². The summed E-state index contributed by atoms with van der Waals surface area (Å²) in [5, 5.41) is 10.2. The predicted octanol–water partition coefficient (Wildman–Crippen LogP) is 4.61. The maximum Gasteiger partial charge on any atom is 0.416 e. The van der Waals surface area contributed by atoms with Crippen molar-refractivity contribution in [1.29, 1.82) is 0 Å². The number of imidazole rings is 1. The van der Waals surface area contributed by atoms with E-state index in [4.69, 9.17) is 15.1 Å². The average molecular weight is 607 g/mol. The topological polar surface area (TPSA) is 154 Å². The van der Waals surface area contributed by atoms with Crippen LogP contribution in [0.25, 0.3) is 28.2 Å². The number of fused-ring (bicyclic) bond motifs is 1. The van der Waals surface area contributed by atoms with Crippen molar-refractivity contribution in [1.82, 2.24) is 35.1 Å². The van der Waals surface area contributed by atoms with Crippen LogP contribution in [0.15, 0.2) is 65.4 Å². The number of halogens is 3. The lowest BCUT2D eigenvalue weighted by Gasteiger charge is -2.15. The summed E-state index contributed by atoms with van der Waals surface area (Å²) < 4.78 is 51.9. The lowest BCUT2D eigenvalue weighted by atomic mass is 10.2. The number of nitrogens with two attached hydrogens (primary N) is 1. The van der Waals surface area contributed by atoms with E-state index in [0.717, 1.165) is 25.1 Å². The van der Waals surface area contributed by atoms with E-state index in [1.807, 2.05) is 0 Å². The summed E-state index contributed by atoms with van der Waals surface area (Å²) in [5.41, 5.74) is 6.69. The van der Waals surface area contributed by atoms with Gasteiger partial charge in [-0.05, 0) is 65.6 Å². The first-order chi connectivity index (χ1) is 21.2. The third kappa shape index (κ3) is 5.88. The summed E-state index contributed by atoms with van der Waals surface area (Å²) in [6.07, 6.45) is -0.995. The van der Waals surface area contributed by atoms with Crippen LogP contribution in [-0.2, 0) is 11.0 Å². The van der Waals surface area contributed by atoms with Gasteiger partial charge in [0.1, 0.15) is 11.3 Å². The summed E-state index contributed by atoms with van der Waals surface area (Å²) in [7, 11) is 0. The van der Waals surface area contributed by atoms with Crippen LogP contribution in [0.5, 0.6) is 11.6 Å². The van der Waals surface area contributed by atoms with E-state index in [0.29, 0.717) is 54.0 Å². The fourth-order valence-corrected chi connectivity index (χ4v) is 4.92. The quantitative estimate of drug-likeness (QED) is 0.229. The zero-order chi connectivity index (χ0) is 30.8. The van der Waals surface area contributed by atoms with Gasteiger partial charge >= 0.3 is 6.18 Å².